The summed E-state index contributed by atoms with van der Waals surface area (Å²) in [6, 6.07) is 7.19. The van der Waals surface area contributed by atoms with Gasteiger partial charge in [0.1, 0.15) is 11.3 Å². The van der Waals surface area contributed by atoms with Crippen LogP contribution in [0, 0.1) is 0 Å². The number of fused-ring (bicyclic) bond motifs is 1. The molecule has 0 fully saturated rings. The summed E-state index contributed by atoms with van der Waals surface area (Å²) in [7, 11) is 0. The van der Waals surface area contributed by atoms with Crippen molar-refractivity contribution < 1.29 is 14.3 Å². The van der Waals surface area contributed by atoms with E-state index < -0.39 is 5.97 Å². The Morgan fingerprint density at radius 2 is 2.19 bits per heavy atom. The van der Waals surface area contributed by atoms with Gasteiger partial charge in [-0.2, -0.15) is 0 Å². The van der Waals surface area contributed by atoms with E-state index >= 15 is 0 Å². The van der Waals surface area contributed by atoms with E-state index in [2.05, 4.69) is 15.9 Å². The average Bonchev–Trinajstić information content (AvgIpc) is 2.59. The smallest absolute Gasteiger partial charge is 0.329 e. The van der Waals surface area contributed by atoms with E-state index in [1.165, 1.54) is 0 Å². The molecule has 0 unspecified atom stereocenters. The molecule has 0 aliphatic carbocycles. The number of benzene rings is 1. The summed E-state index contributed by atoms with van der Waals surface area (Å²) in [6.07, 6.45) is 0.897. The first-order chi connectivity index (χ1) is 7.56. The Morgan fingerprint density at radius 1 is 1.44 bits per heavy atom. The molecular weight excluding hydrogens is 295 g/mol. The van der Waals surface area contributed by atoms with Crippen LogP contribution >= 0.6 is 27.5 Å². The highest BCUT2D eigenvalue weighted by Crippen LogP contribution is 2.28. The molecule has 2 aromatic rings. The third-order valence-electron chi connectivity index (χ3n) is 1.96. The van der Waals surface area contributed by atoms with Crippen molar-refractivity contribution in [2.45, 2.75) is 0 Å². The molecule has 0 saturated carbocycles. The molecule has 1 N–H and O–H groups in total. The highest BCUT2D eigenvalue weighted by atomic mass is 79.9. The minimum Gasteiger partial charge on any atom is -0.478 e. The monoisotopic (exact) mass is 300 g/mol. The number of carbonyl (C=O) groups is 1. The van der Waals surface area contributed by atoms with Crippen molar-refractivity contribution in [3.8, 4) is 0 Å². The standard InChI is InChI=1S/C11H6BrClO3/c12-7-1-2-9-6(3-7)4-10(16-9)8(13)5-11(14)15/h1-5H,(H,14,15)/b8-5+. The Balaban J connectivity index is 2.51. The molecule has 0 aliphatic rings. The Morgan fingerprint density at radius 3 is 2.88 bits per heavy atom. The van der Waals surface area contributed by atoms with Crippen molar-refractivity contribution in [2.75, 3.05) is 0 Å². The van der Waals surface area contributed by atoms with Crippen LogP contribution < -0.4 is 0 Å². The molecular formula is C11H6BrClO3. The van der Waals surface area contributed by atoms with Gasteiger partial charge in [-0.3, -0.25) is 0 Å². The molecule has 0 saturated heterocycles. The second-order valence-electron chi connectivity index (χ2n) is 3.12. The molecule has 82 valence electrons. The molecule has 0 spiro atoms. The van der Waals surface area contributed by atoms with Crippen molar-refractivity contribution in [2.24, 2.45) is 0 Å². The first-order valence-corrected chi connectivity index (χ1v) is 5.53. The van der Waals surface area contributed by atoms with Gasteiger partial charge in [-0.05, 0) is 24.3 Å². The van der Waals surface area contributed by atoms with Gasteiger partial charge in [-0.15, -0.1) is 0 Å². The summed E-state index contributed by atoms with van der Waals surface area (Å²) in [6.45, 7) is 0. The third kappa shape index (κ3) is 2.28. The van der Waals surface area contributed by atoms with Gasteiger partial charge in [-0.1, -0.05) is 27.5 Å². The summed E-state index contributed by atoms with van der Waals surface area (Å²) in [4.78, 5) is 10.4. The molecule has 0 aliphatic heterocycles. The lowest BCUT2D eigenvalue weighted by atomic mass is 10.2. The molecule has 1 aromatic carbocycles. The molecule has 1 heterocycles. The number of carboxylic acid groups (broad SMARTS) is 1. The fourth-order valence-electron chi connectivity index (χ4n) is 1.31. The number of aliphatic carboxylic acids is 1. The summed E-state index contributed by atoms with van der Waals surface area (Å²) in [5.41, 5.74) is 0.662. The van der Waals surface area contributed by atoms with Gasteiger partial charge in [0.2, 0.25) is 0 Å². The highest BCUT2D eigenvalue weighted by molar-refractivity contribution is 9.10. The zero-order valence-electron chi connectivity index (χ0n) is 7.91. The van der Waals surface area contributed by atoms with Gasteiger partial charge in [0.25, 0.3) is 0 Å². The highest BCUT2D eigenvalue weighted by Gasteiger charge is 2.08. The van der Waals surface area contributed by atoms with Gasteiger partial charge in [0, 0.05) is 15.9 Å². The molecule has 5 heteroatoms. The van der Waals surface area contributed by atoms with Crippen molar-refractivity contribution in [3.05, 3.63) is 40.6 Å². The maximum Gasteiger partial charge on any atom is 0.329 e. The first kappa shape index (κ1) is 11.2. The minimum atomic E-state index is -1.10. The number of halogens is 2. The van der Waals surface area contributed by atoms with Crippen molar-refractivity contribution >= 4 is 49.5 Å². The summed E-state index contributed by atoms with van der Waals surface area (Å²) in [5, 5.41) is 9.49. The summed E-state index contributed by atoms with van der Waals surface area (Å²) < 4.78 is 6.32. The van der Waals surface area contributed by atoms with Crippen LogP contribution in [0.3, 0.4) is 0 Å². The molecule has 3 nitrogen and oxygen atoms in total. The largest absolute Gasteiger partial charge is 0.478 e. The van der Waals surface area contributed by atoms with E-state index in [0.717, 1.165) is 15.9 Å². The number of hydrogen-bond donors (Lipinski definition) is 1. The SMILES string of the molecule is O=C(O)/C=C(/Cl)c1cc2cc(Br)ccc2o1. The van der Waals surface area contributed by atoms with E-state index in [-0.39, 0.29) is 5.03 Å². The molecule has 1 aromatic heterocycles. The third-order valence-corrected chi connectivity index (χ3v) is 2.75. The second-order valence-corrected chi connectivity index (χ2v) is 4.45. The number of rotatable bonds is 2. The van der Waals surface area contributed by atoms with E-state index in [1.54, 1.807) is 12.1 Å². The van der Waals surface area contributed by atoms with Gasteiger partial charge < -0.3 is 9.52 Å². The lowest BCUT2D eigenvalue weighted by Gasteiger charge is -1.90. The van der Waals surface area contributed by atoms with Gasteiger partial charge >= 0.3 is 5.97 Å². The van der Waals surface area contributed by atoms with Gasteiger partial charge in [0.05, 0.1) is 5.03 Å². The lowest BCUT2D eigenvalue weighted by molar-refractivity contribution is -0.131. The van der Waals surface area contributed by atoms with Crippen molar-refractivity contribution in [1.29, 1.82) is 0 Å². The fraction of sp³-hybridized carbons (Fsp3) is 0. The van der Waals surface area contributed by atoms with Crippen LogP contribution in [0.4, 0.5) is 0 Å². The van der Waals surface area contributed by atoms with E-state index in [9.17, 15) is 4.79 Å². The van der Waals surface area contributed by atoms with E-state index in [1.807, 2.05) is 12.1 Å². The topological polar surface area (TPSA) is 50.4 Å². The van der Waals surface area contributed by atoms with Crippen molar-refractivity contribution in [1.82, 2.24) is 0 Å². The normalized spacial score (nSPS) is 12.0. The van der Waals surface area contributed by atoms with E-state index in [4.69, 9.17) is 21.1 Å². The number of carboxylic acids is 1. The van der Waals surface area contributed by atoms with Crippen LogP contribution in [0.5, 0.6) is 0 Å². The minimum absolute atomic E-state index is 0.0693. The van der Waals surface area contributed by atoms with Crippen LogP contribution in [0.1, 0.15) is 5.76 Å². The van der Waals surface area contributed by atoms with Gasteiger partial charge in [0.15, 0.2) is 0 Å². The predicted molar refractivity (Wildman–Crippen MR) is 65.4 cm³/mol. The summed E-state index contributed by atoms with van der Waals surface area (Å²) in [5.74, 6) is -0.760. The Labute approximate surface area is 104 Å². The maximum absolute atomic E-state index is 10.4. The van der Waals surface area contributed by atoms with Crippen LogP contribution in [0.25, 0.3) is 16.0 Å². The Kier molecular flexibility index (Phi) is 3.03. The van der Waals surface area contributed by atoms with E-state index in [0.29, 0.717) is 11.3 Å². The first-order valence-electron chi connectivity index (χ1n) is 4.36. The van der Waals surface area contributed by atoms with Crippen molar-refractivity contribution in [3.63, 3.8) is 0 Å². The molecule has 0 amide bonds. The quantitative estimate of drug-likeness (QED) is 0.857. The van der Waals surface area contributed by atoms with Gasteiger partial charge in [-0.25, -0.2) is 4.79 Å². The van der Waals surface area contributed by atoms with Crippen LogP contribution in [0.2, 0.25) is 0 Å². The molecule has 2 rings (SSSR count). The number of furan rings is 1. The molecule has 0 bridgehead atoms. The zero-order chi connectivity index (χ0) is 11.7. The second kappa shape index (κ2) is 4.31. The number of hydrogen-bond acceptors (Lipinski definition) is 2. The van der Waals surface area contributed by atoms with Crippen LogP contribution in [-0.4, -0.2) is 11.1 Å². The lowest BCUT2D eigenvalue weighted by Crippen LogP contribution is -1.87. The fourth-order valence-corrected chi connectivity index (χ4v) is 1.88. The Hall–Kier alpha value is -1.26. The van der Waals surface area contributed by atoms with Crippen LogP contribution in [0.15, 0.2) is 39.2 Å². The zero-order valence-corrected chi connectivity index (χ0v) is 10.2. The Bertz CT molecular complexity index is 586. The average molecular weight is 302 g/mol. The maximum atomic E-state index is 10.4. The molecule has 16 heavy (non-hydrogen) atoms. The van der Waals surface area contributed by atoms with Crippen LogP contribution in [-0.2, 0) is 4.79 Å². The molecule has 0 atom stereocenters. The summed E-state index contributed by atoms with van der Waals surface area (Å²) >= 11 is 9.12. The predicted octanol–water partition coefficient (Wildman–Crippen LogP) is 3.86. The molecule has 0 radical (unpaired) electrons.